The lowest BCUT2D eigenvalue weighted by Gasteiger charge is -2.15. The van der Waals surface area contributed by atoms with Gasteiger partial charge in [-0.1, -0.05) is 17.7 Å². The first-order valence-corrected chi connectivity index (χ1v) is 15.8. The van der Waals surface area contributed by atoms with Crippen molar-refractivity contribution in [2.24, 2.45) is 0 Å². The molecule has 11 nitrogen and oxygen atoms in total. The maximum absolute atomic E-state index is 13.3. The van der Waals surface area contributed by atoms with Gasteiger partial charge in [0.15, 0.2) is 17.2 Å². The van der Waals surface area contributed by atoms with Crippen LogP contribution in [-0.2, 0) is 27.6 Å². The third-order valence-corrected chi connectivity index (χ3v) is 8.75. The molecule has 0 unspecified atom stereocenters. The third kappa shape index (κ3) is 7.46. The zero-order chi connectivity index (χ0) is 33.9. The number of carbonyl (C=O) groups excluding carboxylic acids is 1. The van der Waals surface area contributed by atoms with Crippen molar-refractivity contribution in [2.45, 2.75) is 37.0 Å². The second-order valence-electron chi connectivity index (χ2n) is 10.8. The molecule has 5 rings (SSSR count). The Morgan fingerprint density at radius 2 is 1.72 bits per heavy atom. The van der Waals surface area contributed by atoms with Gasteiger partial charge in [-0.15, -0.1) is 0 Å². The molecule has 3 aromatic carbocycles. The number of benzene rings is 3. The summed E-state index contributed by atoms with van der Waals surface area (Å²) in [6.45, 7) is 3.01. The fourth-order valence-corrected chi connectivity index (χ4v) is 6.22. The Bertz CT molecular complexity index is 1860. The Hall–Kier alpha value is -4.76. The summed E-state index contributed by atoms with van der Waals surface area (Å²) < 4.78 is 89.9. The number of alkyl halides is 3. The van der Waals surface area contributed by atoms with Gasteiger partial charge in [0.25, 0.3) is 0 Å². The van der Waals surface area contributed by atoms with Crippen LogP contribution in [-0.4, -0.2) is 64.6 Å². The van der Waals surface area contributed by atoms with Crippen LogP contribution in [0.25, 0.3) is 22.5 Å². The van der Waals surface area contributed by atoms with Crippen LogP contribution in [0.1, 0.15) is 17.5 Å². The summed E-state index contributed by atoms with van der Waals surface area (Å²) >= 11 is 0. The van der Waals surface area contributed by atoms with Gasteiger partial charge in [-0.3, -0.25) is 9.48 Å². The summed E-state index contributed by atoms with van der Waals surface area (Å²) in [5, 5.41) is 10.9. The summed E-state index contributed by atoms with van der Waals surface area (Å²) in [6, 6.07) is 12.9. The highest BCUT2D eigenvalue weighted by Crippen LogP contribution is 2.42. The quantitative estimate of drug-likeness (QED) is 0.215. The molecule has 1 saturated heterocycles. The van der Waals surface area contributed by atoms with Gasteiger partial charge in [-0.2, -0.15) is 26.7 Å². The fraction of sp³-hybridized carbons (Fsp3) is 0.312. The highest BCUT2D eigenvalue weighted by Gasteiger charge is 2.32. The van der Waals surface area contributed by atoms with Gasteiger partial charge < -0.3 is 29.0 Å². The first kappa shape index (κ1) is 33.6. The number of aryl methyl sites for hydroxylation is 1. The number of rotatable bonds is 11. The van der Waals surface area contributed by atoms with Gasteiger partial charge in [-0.25, -0.2) is 0 Å². The second kappa shape index (κ2) is 13.5. The van der Waals surface area contributed by atoms with Crippen molar-refractivity contribution in [3.8, 4) is 45.5 Å². The van der Waals surface area contributed by atoms with Crippen LogP contribution in [0.2, 0.25) is 0 Å². The van der Waals surface area contributed by atoms with E-state index >= 15 is 0 Å². The Labute approximate surface area is 269 Å². The van der Waals surface area contributed by atoms with E-state index in [-0.39, 0.29) is 35.5 Å². The number of halogens is 3. The summed E-state index contributed by atoms with van der Waals surface area (Å²) in [7, 11) is -0.302. The average molecular weight is 675 g/mol. The molecule has 1 aromatic heterocycles. The lowest BCUT2D eigenvalue weighted by molar-refractivity contribution is -0.137. The van der Waals surface area contributed by atoms with E-state index in [4.69, 9.17) is 18.4 Å². The zero-order valence-electron chi connectivity index (χ0n) is 26.0. The number of amides is 1. The van der Waals surface area contributed by atoms with Crippen LogP contribution >= 0.6 is 0 Å². The topological polar surface area (TPSA) is 130 Å². The number of nitrogens with zero attached hydrogens (tertiary/aromatic N) is 2. The predicted molar refractivity (Wildman–Crippen MR) is 166 cm³/mol. The maximum atomic E-state index is 13.3. The molecule has 4 aromatic rings. The normalized spacial score (nSPS) is 14.9. The number of nitrogens with one attached hydrogen (secondary N) is 2. The van der Waals surface area contributed by atoms with Crippen LogP contribution in [0.4, 0.5) is 13.2 Å². The van der Waals surface area contributed by atoms with Crippen molar-refractivity contribution in [2.75, 3.05) is 34.4 Å². The molecule has 0 aliphatic carbocycles. The standard InChI is InChI=1S/C32H33F3N4O7S/c1-19-8-9-27(46-47(41,42)23-7-5-6-21(15-23)32(33,34)35)24(12-19)25-16-26(20-13-28(43-2)31(45-4)29(14-20)44-3)39(38-25)18-30(40)37-22-10-11-36-17-22/h5-9,12-16,22,36H,10-11,17-18H2,1-4H3,(H,37,40)/t22-/m1/s1. The largest absolute Gasteiger partial charge is 0.493 e. The summed E-state index contributed by atoms with van der Waals surface area (Å²) in [6.07, 6.45) is -3.97. The lowest BCUT2D eigenvalue weighted by atomic mass is 10.1. The molecule has 0 radical (unpaired) electrons. The molecule has 47 heavy (non-hydrogen) atoms. The van der Waals surface area contributed by atoms with Crippen LogP contribution in [0, 0.1) is 6.92 Å². The highest BCUT2D eigenvalue weighted by molar-refractivity contribution is 7.87. The molecule has 1 fully saturated rings. The SMILES string of the molecule is COc1cc(-c2cc(-c3cc(C)ccc3OS(=O)(=O)c3cccc(C(F)(F)F)c3)nn2CC(=O)N[C@@H]2CCNC2)cc(OC)c1OC. The monoisotopic (exact) mass is 674 g/mol. The van der Waals surface area contributed by atoms with E-state index in [2.05, 4.69) is 15.7 Å². The molecular formula is C32H33F3N4O7S. The fourth-order valence-electron chi connectivity index (χ4n) is 5.23. The van der Waals surface area contributed by atoms with Crippen molar-refractivity contribution in [3.63, 3.8) is 0 Å². The van der Waals surface area contributed by atoms with Gasteiger partial charge >= 0.3 is 16.3 Å². The number of methoxy groups -OCH3 is 3. The minimum absolute atomic E-state index is 0.0417. The Morgan fingerprint density at radius 1 is 1.00 bits per heavy atom. The van der Waals surface area contributed by atoms with Gasteiger partial charge in [-0.05, 0) is 68.4 Å². The summed E-state index contributed by atoms with van der Waals surface area (Å²) in [5.41, 5.74) is 1.05. The van der Waals surface area contributed by atoms with E-state index in [0.717, 1.165) is 36.7 Å². The molecule has 1 amide bonds. The lowest BCUT2D eigenvalue weighted by Crippen LogP contribution is -2.38. The maximum Gasteiger partial charge on any atom is 0.416 e. The second-order valence-corrected chi connectivity index (χ2v) is 12.4. The van der Waals surface area contributed by atoms with E-state index < -0.39 is 26.8 Å². The first-order valence-electron chi connectivity index (χ1n) is 14.4. The number of aromatic nitrogens is 2. The molecular weight excluding hydrogens is 641 g/mol. The molecule has 1 aliphatic heterocycles. The van der Waals surface area contributed by atoms with Gasteiger partial charge in [0.05, 0.1) is 38.3 Å². The minimum Gasteiger partial charge on any atom is -0.493 e. The Kier molecular flexibility index (Phi) is 9.68. The molecule has 2 N–H and O–H groups in total. The molecule has 2 heterocycles. The van der Waals surface area contributed by atoms with Crippen LogP contribution in [0.3, 0.4) is 0 Å². The molecule has 250 valence electrons. The van der Waals surface area contributed by atoms with E-state index in [1.54, 1.807) is 37.3 Å². The van der Waals surface area contributed by atoms with Crippen molar-refractivity contribution in [3.05, 3.63) is 71.8 Å². The van der Waals surface area contributed by atoms with Gasteiger partial charge in [0.1, 0.15) is 11.4 Å². The van der Waals surface area contributed by atoms with Crippen molar-refractivity contribution >= 4 is 16.0 Å². The van der Waals surface area contributed by atoms with Crippen molar-refractivity contribution in [1.82, 2.24) is 20.4 Å². The smallest absolute Gasteiger partial charge is 0.416 e. The molecule has 1 aliphatic rings. The number of hydrogen-bond donors (Lipinski definition) is 2. The van der Waals surface area contributed by atoms with E-state index in [1.807, 2.05) is 0 Å². The zero-order valence-corrected chi connectivity index (χ0v) is 26.8. The Balaban J connectivity index is 1.60. The van der Waals surface area contributed by atoms with Crippen LogP contribution in [0.5, 0.6) is 23.0 Å². The Morgan fingerprint density at radius 3 is 2.34 bits per heavy atom. The van der Waals surface area contributed by atoms with Crippen LogP contribution in [0.15, 0.2) is 65.6 Å². The molecule has 1 atom stereocenters. The van der Waals surface area contributed by atoms with E-state index in [9.17, 15) is 26.4 Å². The van der Waals surface area contributed by atoms with E-state index in [1.165, 1.54) is 32.1 Å². The van der Waals surface area contributed by atoms with E-state index in [0.29, 0.717) is 41.1 Å². The number of carbonyl (C=O) groups is 1. The average Bonchev–Trinajstić information content (AvgIpc) is 3.70. The first-order chi connectivity index (χ1) is 22.3. The summed E-state index contributed by atoms with van der Waals surface area (Å²) in [5.74, 6) is 0.588. The third-order valence-electron chi connectivity index (χ3n) is 7.52. The summed E-state index contributed by atoms with van der Waals surface area (Å²) in [4.78, 5) is 12.5. The van der Waals surface area contributed by atoms with Crippen molar-refractivity contribution < 1.29 is 44.8 Å². The highest BCUT2D eigenvalue weighted by atomic mass is 32.2. The molecule has 15 heteroatoms. The molecule has 0 saturated carbocycles. The van der Waals surface area contributed by atoms with Gasteiger partial charge in [0, 0.05) is 23.7 Å². The number of hydrogen-bond acceptors (Lipinski definition) is 9. The van der Waals surface area contributed by atoms with Gasteiger partial charge in [0.2, 0.25) is 11.7 Å². The van der Waals surface area contributed by atoms with Crippen molar-refractivity contribution in [1.29, 1.82) is 0 Å². The molecule has 0 spiro atoms. The van der Waals surface area contributed by atoms with Crippen LogP contribution < -0.4 is 29.0 Å². The minimum atomic E-state index is -4.75. The number of ether oxygens (including phenoxy) is 3. The molecule has 0 bridgehead atoms. The predicted octanol–water partition coefficient (Wildman–Crippen LogP) is 4.82.